The number of benzene rings is 4. The molecule has 0 atom stereocenters. The molecule has 2 N–H and O–H groups in total. The van der Waals surface area contributed by atoms with Crippen LogP contribution in [-0.4, -0.2) is 17.6 Å². The fourth-order valence-corrected chi connectivity index (χ4v) is 3.89. The highest BCUT2D eigenvalue weighted by atomic mass is 16.2. The molecule has 0 aliphatic heterocycles. The van der Waals surface area contributed by atoms with Gasteiger partial charge in [-0.3, -0.25) is 14.4 Å². The molecule has 0 heterocycles. The molecule has 0 saturated carbocycles. The summed E-state index contributed by atoms with van der Waals surface area (Å²) in [4.78, 5) is 39.7. The Morgan fingerprint density at radius 3 is 1.49 bits per heavy atom. The molecule has 2 amide bonds. The minimum absolute atomic E-state index is 0.0378. The van der Waals surface area contributed by atoms with Gasteiger partial charge in [0.2, 0.25) is 0 Å². The van der Waals surface area contributed by atoms with Gasteiger partial charge in [-0.05, 0) is 72.3 Å². The number of carbonyl (C=O) groups is 3. The van der Waals surface area contributed by atoms with Crippen molar-refractivity contribution in [1.82, 2.24) is 0 Å². The van der Waals surface area contributed by atoms with E-state index in [4.69, 9.17) is 19.3 Å². The van der Waals surface area contributed by atoms with Crippen molar-refractivity contribution in [3.05, 3.63) is 130 Å². The number of ketones is 1. The Kier molecular flexibility index (Phi) is 8.03. The summed E-state index contributed by atoms with van der Waals surface area (Å²) in [5.41, 5.74) is 3.99. The summed E-state index contributed by atoms with van der Waals surface area (Å²) in [5, 5.41) is 5.55. The Morgan fingerprint density at radius 1 is 0.564 bits per heavy atom. The lowest BCUT2D eigenvalue weighted by atomic mass is 9.97. The van der Waals surface area contributed by atoms with E-state index in [0.717, 1.165) is 0 Å². The second-order valence-corrected chi connectivity index (χ2v) is 8.60. The first-order chi connectivity index (χ1) is 18.9. The van der Waals surface area contributed by atoms with Crippen LogP contribution in [0.5, 0.6) is 0 Å². The average Bonchev–Trinajstić information content (AvgIpc) is 2.97. The van der Waals surface area contributed by atoms with Gasteiger partial charge in [0.1, 0.15) is 0 Å². The van der Waals surface area contributed by atoms with Crippen LogP contribution in [0.2, 0.25) is 0 Å². The summed E-state index contributed by atoms with van der Waals surface area (Å²) < 4.78 is 0. The van der Waals surface area contributed by atoms with Gasteiger partial charge in [-0.25, -0.2) is 0 Å². The van der Waals surface area contributed by atoms with Crippen molar-refractivity contribution >= 4 is 29.0 Å². The minimum atomic E-state index is -0.503. The number of amides is 2. The van der Waals surface area contributed by atoms with Gasteiger partial charge in [0.05, 0.1) is 0 Å². The van der Waals surface area contributed by atoms with Gasteiger partial charge in [-0.15, -0.1) is 19.3 Å². The van der Waals surface area contributed by atoms with Gasteiger partial charge in [-0.1, -0.05) is 42.0 Å². The van der Waals surface area contributed by atoms with Crippen molar-refractivity contribution < 1.29 is 14.4 Å². The average molecular weight is 507 g/mol. The van der Waals surface area contributed by atoms with Gasteiger partial charge >= 0.3 is 0 Å². The van der Waals surface area contributed by atoms with E-state index in [1.165, 1.54) is 18.2 Å². The van der Waals surface area contributed by atoms with Gasteiger partial charge < -0.3 is 10.6 Å². The Labute approximate surface area is 227 Å². The van der Waals surface area contributed by atoms with E-state index in [9.17, 15) is 14.4 Å². The predicted octanol–water partition coefficient (Wildman–Crippen LogP) is 5.56. The number of Topliss-reactive ketones (excluding diaryl/α,β-unsaturated/α-hetero) is 1. The molecule has 0 aromatic heterocycles. The molecule has 39 heavy (non-hydrogen) atoms. The first kappa shape index (κ1) is 26.2. The van der Waals surface area contributed by atoms with Crippen molar-refractivity contribution in [2.24, 2.45) is 0 Å². The highest BCUT2D eigenvalue weighted by Crippen LogP contribution is 2.19. The molecule has 5 heteroatoms. The van der Waals surface area contributed by atoms with Gasteiger partial charge in [0.15, 0.2) is 5.78 Å². The molecule has 0 aliphatic rings. The van der Waals surface area contributed by atoms with Crippen LogP contribution in [-0.2, 0) is 6.42 Å². The first-order valence-corrected chi connectivity index (χ1v) is 11.9. The Hall–Kier alpha value is -5.83. The molecular formula is C34H22N2O3. The van der Waals surface area contributed by atoms with E-state index in [-0.39, 0.29) is 28.9 Å². The molecule has 0 aliphatic carbocycles. The smallest absolute Gasteiger partial charge is 0.255 e. The fraction of sp³-hybridized carbons (Fsp3) is 0.0294. The number of hydrogen-bond donors (Lipinski definition) is 2. The highest BCUT2D eigenvalue weighted by molar-refractivity contribution is 6.11. The Morgan fingerprint density at radius 2 is 1.00 bits per heavy atom. The van der Waals surface area contributed by atoms with E-state index in [1.807, 2.05) is 0 Å². The third-order valence-electron chi connectivity index (χ3n) is 5.81. The molecule has 4 aromatic rings. The second kappa shape index (κ2) is 11.9. The number of nitrogens with one attached hydrogen (secondary N) is 2. The van der Waals surface area contributed by atoms with Crippen LogP contribution in [0.3, 0.4) is 0 Å². The monoisotopic (exact) mass is 506 g/mol. The highest BCUT2D eigenvalue weighted by Gasteiger charge is 2.18. The Bertz CT molecular complexity index is 1510. The van der Waals surface area contributed by atoms with Crippen LogP contribution in [0.15, 0.2) is 91.0 Å². The zero-order valence-electron chi connectivity index (χ0n) is 20.8. The van der Waals surface area contributed by atoms with Crippen molar-refractivity contribution in [2.75, 3.05) is 10.6 Å². The zero-order chi connectivity index (χ0) is 27.8. The molecule has 0 saturated heterocycles. The number of hydrogen-bond acceptors (Lipinski definition) is 3. The number of anilines is 2. The van der Waals surface area contributed by atoms with E-state index in [0.29, 0.717) is 33.6 Å². The molecule has 0 unspecified atom stereocenters. The third kappa shape index (κ3) is 6.69. The molecule has 4 aromatic carbocycles. The van der Waals surface area contributed by atoms with Crippen molar-refractivity contribution in [2.45, 2.75) is 6.42 Å². The van der Waals surface area contributed by atoms with Crippen LogP contribution in [0.4, 0.5) is 11.4 Å². The summed E-state index contributed by atoms with van der Waals surface area (Å²) in [7, 11) is 0. The van der Waals surface area contributed by atoms with Crippen LogP contribution >= 0.6 is 0 Å². The van der Waals surface area contributed by atoms with Crippen molar-refractivity contribution in [3.63, 3.8) is 0 Å². The zero-order valence-corrected chi connectivity index (χ0v) is 20.8. The van der Waals surface area contributed by atoms with Gasteiger partial charge in [0.25, 0.3) is 11.8 Å². The summed E-state index contributed by atoms with van der Waals surface area (Å²) in [6, 6.07) is 25.0. The van der Waals surface area contributed by atoms with Gasteiger partial charge in [-0.2, -0.15) is 0 Å². The second-order valence-electron chi connectivity index (χ2n) is 8.60. The van der Waals surface area contributed by atoms with Crippen molar-refractivity contribution in [1.29, 1.82) is 0 Å². The molecule has 0 fully saturated rings. The topological polar surface area (TPSA) is 75.3 Å². The predicted molar refractivity (Wildman–Crippen MR) is 154 cm³/mol. The van der Waals surface area contributed by atoms with E-state index in [2.05, 4.69) is 28.4 Å². The van der Waals surface area contributed by atoms with E-state index in [1.54, 1.807) is 72.8 Å². The van der Waals surface area contributed by atoms with Crippen LogP contribution in [0.1, 0.15) is 53.3 Å². The fourth-order valence-electron chi connectivity index (χ4n) is 3.89. The summed E-state index contributed by atoms with van der Waals surface area (Å²) in [6.45, 7) is 0. The molecule has 4 rings (SSSR count). The maximum Gasteiger partial charge on any atom is 0.255 e. The van der Waals surface area contributed by atoms with Gasteiger partial charge in [0, 0.05) is 51.2 Å². The van der Waals surface area contributed by atoms with Crippen LogP contribution in [0.25, 0.3) is 0 Å². The van der Waals surface area contributed by atoms with Crippen LogP contribution in [0, 0.1) is 37.0 Å². The first-order valence-electron chi connectivity index (χ1n) is 11.9. The number of terminal acetylenes is 3. The van der Waals surface area contributed by atoms with Crippen LogP contribution < -0.4 is 10.6 Å². The summed E-state index contributed by atoms with van der Waals surface area (Å²) in [6.07, 6.45) is 16.4. The SMILES string of the molecule is C#Cc1cccc(CC(=O)c2cc(C(=O)Nc3cccc(C#C)c3)cc(C(=O)Nc3cccc(C#C)c3)c2)c1. The number of rotatable bonds is 7. The lowest BCUT2D eigenvalue weighted by Crippen LogP contribution is -2.18. The normalized spacial score (nSPS) is 9.87. The minimum Gasteiger partial charge on any atom is -0.322 e. The lowest BCUT2D eigenvalue weighted by Gasteiger charge is -2.12. The molecule has 0 bridgehead atoms. The quantitative estimate of drug-likeness (QED) is 0.255. The molecule has 0 spiro atoms. The molecule has 186 valence electrons. The Balaban J connectivity index is 1.68. The van der Waals surface area contributed by atoms with E-state index >= 15 is 0 Å². The standard InChI is InChI=1S/C34H22N2O3/c1-4-23-10-7-13-26(16-23)19-32(37)27-20-28(33(38)35-30-14-8-11-24(5-2)17-30)22-29(21-27)34(39)36-31-15-9-12-25(6-3)18-31/h1-3,7-18,20-22H,19H2,(H,35,38)(H,36,39). The molecule has 5 nitrogen and oxygen atoms in total. The largest absolute Gasteiger partial charge is 0.322 e. The summed E-state index contributed by atoms with van der Waals surface area (Å²) >= 11 is 0. The number of carbonyl (C=O) groups excluding carboxylic acids is 3. The summed E-state index contributed by atoms with van der Waals surface area (Å²) in [5.74, 6) is 6.30. The maximum atomic E-state index is 13.3. The van der Waals surface area contributed by atoms with E-state index < -0.39 is 11.8 Å². The lowest BCUT2D eigenvalue weighted by molar-refractivity contribution is 0.0993. The third-order valence-corrected chi connectivity index (χ3v) is 5.81. The molecular weight excluding hydrogens is 484 g/mol. The maximum absolute atomic E-state index is 13.3. The van der Waals surface area contributed by atoms with Crippen molar-refractivity contribution in [3.8, 4) is 37.0 Å². The molecule has 0 radical (unpaired) electrons.